The van der Waals surface area contributed by atoms with Crippen LogP contribution < -0.4 is 5.73 Å². The van der Waals surface area contributed by atoms with E-state index in [1.165, 1.54) is 6.07 Å². The van der Waals surface area contributed by atoms with Gasteiger partial charge >= 0.3 is 0 Å². The van der Waals surface area contributed by atoms with E-state index in [0.717, 1.165) is 6.07 Å². The molecule has 78 valence electrons. The van der Waals surface area contributed by atoms with Crippen LogP contribution >= 0.6 is 0 Å². The van der Waals surface area contributed by atoms with E-state index in [4.69, 9.17) is 5.73 Å². The molecule has 2 nitrogen and oxygen atoms in total. The number of hydrogen-bond donors (Lipinski definition) is 1. The van der Waals surface area contributed by atoms with Crippen molar-refractivity contribution in [2.75, 3.05) is 5.75 Å². The predicted molar refractivity (Wildman–Crippen MR) is 51.3 cm³/mol. The molecule has 0 saturated heterocycles. The Labute approximate surface area is 83.6 Å². The van der Waals surface area contributed by atoms with Gasteiger partial charge in [0.1, 0.15) is 11.6 Å². The quantitative estimate of drug-likeness (QED) is 0.835. The summed E-state index contributed by atoms with van der Waals surface area (Å²) in [6.07, 6.45) is 0. The summed E-state index contributed by atoms with van der Waals surface area (Å²) in [6, 6.07) is 2.70. The third-order valence-corrected chi connectivity index (χ3v) is 3.20. The van der Waals surface area contributed by atoms with E-state index >= 15 is 0 Å². The fraction of sp³-hybridized carbons (Fsp3) is 0.333. The lowest BCUT2D eigenvalue weighted by atomic mass is 10.3. The average molecular weight is 219 g/mol. The van der Waals surface area contributed by atoms with Gasteiger partial charge in [0.2, 0.25) is 0 Å². The molecule has 0 heterocycles. The second-order valence-electron chi connectivity index (χ2n) is 3.06. The van der Waals surface area contributed by atoms with Crippen molar-refractivity contribution in [3.05, 3.63) is 29.8 Å². The molecule has 0 aromatic heterocycles. The summed E-state index contributed by atoms with van der Waals surface area (Å²) in [6.45, 7) is 1.68. The maximum absolute atomic E-state index is 13.1. The summed E-state index contributed by atoms with van der Waals surface area (Å²) in [4.78, 5) is 0.00343. The molecule has 14 heavy (non-hydrogen) atoms. The molecule has 2 N–H and O–H groups in total. The van der Waals surface area contributed by atoms with Gasteiger partial charge in [0.05, 0.1) is 15.7 Å². The Kier molecular flexibility index (Phi) is 3.71. The van der Waals surface area contributed by atoms with Crippen LogP contribution in [-0.2, 0) is 10.8 Å². The lowest BCUT2D eigenvalue weighted by Crippen LogP contribution is -2.23. The molecule has 0 radical (unpaired) electrons. The van der Waals surface area contributed by atoms with Crippen LogP contribution in [0.4, 0.5) is 8.78 Å². The van der Waals surface area contributed by atoms with Crippen LogP contribution in [0, 0.1) is 11.6 Å². The fourth-order valence-electron chi connectivity index (χ4n) is 0.988. The summed E-state index contributed by atoms with van der Waals surface area (Å²) in [7, 11) is -1.50. The Bertz CT molecular complexity index is 355. The van der Waals surface area contributed by atoms with Gasteiger partial charge in [-0.1, -0.05) is 0 Å². The Hall–Kier alpha value is -0.810. The predicted octanol–water partition coefficient (Wildman–Crippen LogP) is 1.42. The highest BCUT2D eigenvalue weighted by Gasteiger charge is 2.12. The smallest absolute Gasteiger partial charge is 0.142 e. The van der Waals surface area contributed by atoms with Crippen molar-refractivity contribution in [3.63, 3.8) is 0 Å². The Balaban J connectivity index is 2.90. The Morgan fingerprint density at radius 3 is 2.64 bits per heavy atom. The fourth-order valence-corrected chi connectivity index (χ4v) is 2.14. The zero-order valence-electron chi connectivity index (χ0n) is 7.67. The number of benzene rings is 1. The van der Waals surface area contributed by atoms with Crippen molar-refractivity contribution in [2.24, 2.45) is 5.73 Å². The van der Waals surface area contributed by atoms with E-state index in [0.29, 0.717) is 6.07 Å². The minimum atomic E-state index is -1.50. The monoisotopic (exact) mass is 219 g/mol. The van der Waals surface area contributed by atoms with Gasteiger partial charge in [0.25, 0.3) is 0 Å². The molecular formula is C9H11F2NOS. The van der Waals surface area contributed by atoms with Gasteiger partial charge in [0, 0.05) is 17.9 Å². The van der Waals surface area contributed by atoms with Crippen molar-refractivity contribution in [3.8, 4) is 0 Å². The molecule has 0 aliphatic heterocycles. The van der Waals surface area contributed by atoms with E-state index in [1.54, 1.807) is 6.92 Å². The first-order valence-electron chi connectivity index (χ1n) is 4.09. The van der Waals surface area contributed by atoms with E-state index in [2.05, 4.69) is 0 Å². The Morgan fingerprint density at radius 2 is 2.14 bits per heavy atom. The highest BCUT2D eigenvalue weighted by molar-refractivity contribution is 7.85. The molecule has 0 aliphatic rings. The van der Waals surface area contributed by atoms with Gasteiger partial charge in [-0.05, 0) is 19.1 Å². The van der Waals surface area contributed by atoms with Crippen LogP contribution in [-0.4, -0.2) is 16.0 Å². The molecule has 5 heteroatoms. The second-order valence-corrected chi connectivity index (χ2v) is 4.53. The van der Waals surface area contributed by atoms with Crippen LogP contribution in [0.2, 0.25) is 0 Å². The van der Waals surface area contributed by atoms with Gasteiger partial charge in [-0.15, -0.1) is 0 Å². The second kappa shape index (κ2) is 4.61. The molecule has 0 amide bonds. The topological polar surface area (TPSA) is 43.1 Å². The lowest BCUT2D eigenvalue weighted by Gasteiger charge is -2.05. The first-order valence-corrected chi connectivity index (χ1v) is 5.41. The zero-order chi connectivity index (χ0) is 10.7. The number of hydrogen-bond acceptors (Lipinski definition) is 2. The number of halogens is 2. The first kappa shape index (κ1) is 11.3. The van der Waals surface area contributed by atoms with E-state index in [1.807, 2.05) is 0 Å². The SMILES string of the molecule is CC(N)CS(=O)c1ccc(F)cc1F. The van der Waals surface area contributed by atoms with Crippen molar-refractivity contribution in [2.45, 2.75) is 17.9 Å². The first-order chi connectivity index (χ1) is 6.50. The third-order valence-electron chi connectivity index (χ3n) is 1.55. The number of nitrogens with two attached hydrogens (primary N) is 1. The molecule has 0 saturated carbocycles. The van der Waals surface area contributed by atoms with Crippen LogP contribution in [0.1, 0.15) is 6.92 Å². The van der Waals surface area contributed by atoms with Gasteiger partial charge in [-0.25, -0.2) is 8.78 Å². The molecule has 2 unspecified atom stereocenters. The normalized spacial score (nSPS) is 15.1. The van der Waals surface area contributed by atoms with Crippen molar-refractivity contribution >= 4 is 10.8 Å². The maximum atomic E-state index is 13.1. The van der Waals surface area contributed by atoms with Crippen LogP contribution in [0.5, 0.6) is 0 Å². The van der Waals surface area contributed by atoms with Crippen LogP contribution in [0.15, 0.2) is 23.1 Å². The molecule has 0 fully saturated rings. The summed E-state index contributed by atoms with van der Waals surface area (Å²) < 4.78 is 37.0. The van der Waals surface area contributed by atoms with E-state index in [9.17, 15) is 13.0 Å². The highest BCUT2D eigenvalue weighted by Crippen LogP contribution is 2.14. The molecule has 1 rings (SSSR count). The van der Waals surface area contributed by atoms with E-state index in [-0.39, 0.29) is 16.7 Å². The summed E-state index contributed by atoms with van der Waals surface area (Å²) in [5, 5.41) is 0. The van der Waals surface area contributed by atoms with E-state index < -0.39 is 22.4 Å². The van der Waals surface area contributed by atoms with Crippen molar-refractivity contribution in [1.29, 1.82) is 0 Å². The molecule has 0 aliphatic carbocycles. The molecular weight excluding hydrogens is 208 g/mol. The van der Waals surface area contributed by atoms with Gasteiger partial charge in [0.15, 0.2) is 0 Å². The average Bonchev–Trinajstić information content (AvgIpc) is 2.01. The highest BCUT2D eigenvalue weighted by atomic mass is 32.2. The molecule has 2 atom stereocenters. The summed E-state index contributed by atoms with van der Waals surface area (Å²) in [5.74, 6) is -1.30. The third kappa shape index (κ3) is 2.85. The van der Waals surface area contributed by atoms with Gasteiger partial charge in [-0.2, -0.15) is 0 Å². The molecule has 1 aromatic rings. The van der Waals surface area contributed by atoms with Gasteiger partial charge < -0.3 is 5.73 Å². The summed E-state index contributed by atoms with van der Waals surface area (Å²) >= 11 is 0. The lowest BCUT2D eigenvalue weighted by molar-refractivity contribution is 0.562. The van der Waals surface area contributed by atoms with Crippen LogP contribution in [0.25, 0.3) is 0 Å². The van der Waals surface area contributed by atoms with Gasteiger partial charge in [-0.3, -0.25) is 4.21 Å². The Morgan fingerprint density at radius 1 is 1.50 bits per heavy atom. The number of rotatable bonds is 3. The molecule has 0 spiro atoms. The van der Waals surface area contributed by atoms with Crippen molar-refractivity contribution in [1.82, 2.24) is 0 Å². The van der Waals surface area contributed by atoms with Crippen LogP contribution in [0.3, 0.4) is 0 Å². The standard InChI is InChI=1S/C9H11F2NOS/c1-6(12)5-14(13)9-3-2-7(10)4-8(9)11/h2-4,6H,5,12H2,1H3. The summed E-state index contributed by atoms with van der Waals surface area (Å²) in [5.41, 5.74) is 5.42. The maximum Gasteiger partial charge on any atom is 0.142 e. The minimum absolute atomic E-state index is 0.00343. The minimum Gasteiger partial charge on any atom is -0.327 e. The molecule has 0 bridgehead atoms. The largest absolute Gasteiger partial charge is 0.327 e. The zero-order valence-corrected chi connectivity index (χ0v) is 8.48. The molecule has 1 aromatic carbocycles. The van der Waals surface area contributed by atoms with Crippen molar-refractivity contribution < 1.29 is 13.0 Å².